The molecule has 1 atom stereocenters. The summed E-state index contributed by atoms with van der Waals surface area (Å²) in [6.07, 6.45) is 1.62. The Balaban J connectivity index is 2.78. The summed E-state index contributed by atoms with van der Waals surface area (Å²) < 4.78 is 0. The SMILES string of the molecule is CC(C)CC1=NC(O)C(=S)C(Cl)=C1. The van der Waals surface area contributed by atoms with Crippen LogP contribution in [0.2, 0.25) is 0 Å². The Bertz CT molecular complexity index is 283. The zero-order valence-electron chi connectivity index (χ0n) is 7.62. The fourth-order valence-electron chi connectivity index (χ4n) is 1.12. The van der Waals surface area contributed by atoms with Crippen LogP contribution in [0.1, 0.15) is 20.3 Å². The summed E-state index contributed by atoms with van der Waals surface area (Å²) in [5.74, 6) is 0.498. The third kappa shape index (κ3) is 2.86. The lowest BCUT2D eigenvalue weighted by molar-refractivity contribution is 0.254. The number of thiocarbonyl (C=S) groups is 1. The first-order valence-electron chi connectivity index (χ1n) is 4.17. The molecule has 0 amide bonds. The van der Waals surface area contributed by atoms with Gasteiger partial charge in [-0.25, -0.2) is 0 Å². The average molecular weight is 218 g/mol. The van der Waals surface area contributed by atoms with Crippen LogP contribution in [-0.2, 0) is 0 Å². The van der Waals surface area contributed by atoms with Crippen LogP contribution in [0, 0.1) is 5.92 Å². The van der Waals surface area contributed by atoms with Gasteiger partial charge in [0, 0.05) is 5.71 Å². The molecule has 0 aromatic heterocycles. The molecule has 1 aliphatic heterocycles. The van der Waals surface area contributed by atoms with Gasteiger partial charge in [-0.3, -0.25) is 4.99 Å². The van der Waals surface area contributed by atoms with Crippen molar-refractivity contribution in [3.8, 4) is 0 Å². The molecule has 4 heteroatoms. The van der Waals surface area contributed by atoms with E-state index in [2.05, 4.69) is 18.8 Å². The van der Waals surface area contributed by atoms with Crippen LogP contribution in [0.15, 0.2) is 16.1 Å². The van der Waals surface area contributed by atoms with Crippen molar-refractivity contribution >= 4 is 34.4 Å². The molecule has 1 N–H and O–H groups in total. The van der Waals surface area contributed by atoms with Gasteiger partial charge in [0.15, 0.2) is 6.23 Å². The molecule has 2 nitrogen and oxygen atoms in total. The average Bonchev–Trinajstić information content (AvgIpc) is 1.98. The molecule has 0 aromatic rings. The Kier molecular flexibility index (Phi) is 3.59. The quantitative estimate of drug-likeness (QED) is 0.720. The van der Waals surface area contributed by atoms with Crippen molar-refractivity contribution in [2.24, 2.45) is 10.9 Å². The number of nitrogens with zero attached hydrogens (tertiary/aromatic N) is 1. The molecule has 0 saturated heterocycles. The summed E-state index contributed by atoms with van der Waals surface area (Å²) in [5, 5.41) is 9.82. The molecular formula is C9H12ClNOS. The lowest BCUT2D eigenvalue weighted by Gasteiger charge is -2.15. The highest BCUT2D eigenvalue weighted by molar-refractivity contribution is 7.81. The number of allylic oxidation sites excluding steroid dienone is 1. The van der Waals surface area contributed by atoms with Gasteiger partial charge in [-0.15, -0.1) is 0 Å². The summed E-state index contributed by atoms with van der Waals surface area (Å²) in [4.78, 5) is 4.34. The Hall–Kier alpha value is -0.250. The smallest absolute Gasteiger partial charge is 0.183 e. The normalized spacial score (nSPS) is 23.2. The van der Waals surface area contributed by atoms with Crippen molar-refractivity contribution in [3.63, 3.8) is 0 Å². The molecule has 1 heterocycles. The highest BCUT2D eigenvalue weighted by atomic mass is 35.5. The van der Waals surface area contributed by atoms with Gasteiger partial charge in [0.25, 0.3) is 0 Å². The van der Waals surface area contributed by atoms with Crippen molar-refractivity contribution < 1.29 is 5.11 Å². The number of aliphatic hydroxyl groups excluding tert-OH is 1. The molecule has 1 rings (SSSR count). The number of dihydropyridines is 1. The van der Waals surface area contributed by atoms with E-state index < -0.39 is 6.23 Å². The molecule has 0 aromatic carbocycles. The van der Waals surface area contributed by atoms with Gasteiger partial charge in [-0.2, -0.15) is 0 Å². The number of hydrogen-bond donors (Lipinski definition) is 1. The van der Waals surface area contributed by atoms with Gasteiger partial charge < -0.3 is 5.11 Å². The zero-order valence-corrected chi connectivity index (χ0v) is 9.19. The Morgan fingerprint density at radius 3 is 2.77 bits per heavy atom. The van der Waals surface area contributed by atoms with Crippen LogP contribution < -0.4 is 0 Å². The summed E-state index contributed by atoms with van der Waals surface area (Å²) in [7, 11) is 0. The maximum atomic E-state index is 9.38. The van der Waals surface area contributed by atoms with Crippen molar-refractivity contribution in [1.82, 2.24) is 0 Å². The minimum absolute atomic E-state index is 0.314. The van der Waals surface area contributed by atoms with E-state index in [0.717, 1.165) is 12.1 Å². The van der Waals surface area contributed by atoms with E-state index in [1.807, 2.05) is 0 Å². The summed E-state index contributed by atoms with van der Waals surface area (Å²) in [6.45, 7) is 4.17. The second kappa shape index (κ2) is 4.31. The lowest BCUT2D eigenvalue weighted by Crippen LogP contribution is -2.23. The van der Waals surface area contributed by atoms with Crippen molar-refractivity contribution in [1.29, 1.82) is 0 Å². The topological polar surface area (TPSA) is 32.6 Å². The van der Waals surface area contributed by atoms with Gasteiger partial charge in [0.2, 0.25) is 0 Å². The second-order valence-corrected chi connectivity index (χ2v) is 4.30. The highest BCUT2D eigenvalue weighted by Gasteiger charge is 2.19. The van der Waals surface area contributed by atoms with Crippen LogP contribution in [0.4, 0.5) is 0 Å². The minimum atomic E-state index is -0.929. The predicted octanol–water partition coefficient (Wildman–Crippen LogP) is 2.30. The molecule has 1 unspecified atom stereocenters. The molecule has 0 bridgehead atoms. The van der Waals surface area contributed by atoms with E-state index in [1.54, 1.807) is 6.08 Å². The fraction of sp³-hybridized carbons (Fsp3) is 0.556. The largest absolute Gasteiger partial charge is 0.367 e. The van der Waals surface area contributed by atoms with E-state index in [1.165, 1.54) is 0 Å². The van der Waals surface area contributed by atoms with E-state index >= 15 is 0 Å². The molecule has 0 fully saturated rings. The first kappa shape index (κ1) is 10.8. The Labute approximate surface area is 88.3 Å². The number of aliphatic imine (C=N–C) groups is 1. The van der Waals surface area contributed by atoms with Crippen LogP contribution in [0.3, 0.4) is 0 Å². The van der Waals surface area contributed by atoms with Crippen molar-refractivity contribution in [2.75, 3.05) is 0 Å². The van der Waals surface area contributed by atoms with Gasteiger partial charge in [0.05, 0.1) is 9.90 Å². The maximum absolute atomic E-state index is 9.38. The summed E-state index contributed by atoms with van der Waals surface area (Å²) in [6, 6.07) is 0. The highest BCUT2D eigenvalue weighted by Crippen LogP contribution is 2.17. The van der Waals surface area contributed by atoms with Crippen LogP contribution in [0.25, 0.3) is 0 Å². The molecule has 13 heavy (non-hydrogen) atoms. The third-order valence-corrected chi connectivity index (χ3v) is 2.52. The summed E-state index contributed by atoms with van der Waals surface area (Å²) in [5.41, 5.74) is 0.820. The second-order valence-electron chi connectivity index (χ2n) is 3.45. The standard InChI is InChI=1S/C9H12ClNOS/c1-5(2)3-6-4-7(10)8(13)9(12)11-6/h4-5,9,12H,3H2,1-2H3. The van der Waals surface area contributed by atoms with Crippen LogP contribution in [-0.4, -0.2) is 21.9 Å². The fourth-order valence-corrected chi connectivity index (χ4v) is 1.46. The first-order chi connectivity index (χ1) is 6.00. The van der Waals surface area contributed by atoms with Crippen LogP contribution in [0.5, 0.6) is 0 Å². The molecular weight excluding hydrogens is 206 g/mol. The molecule has 0 spiro atoms. The van der Waals surface area contributed by atoms with Gasteiger partial charge >= 0.3 is 0 Å². The molecule has 1 aliphatic rings. The number of halogens is 1. The van der Waals surface area contributed by atoms with Gasteiger partial charge in [0.1, 0.15) is 0 Å². The number of hydrogen-bond acceptors (Lipinski definition) is 3. The monoisotopic (exact) mass is 217 g/mol. The maximum Gasteiger partial charge on any atom is 0.183 e. The van der Waals surface area contributed by atoms with Crippen molar-refractivity contribution in [3.05, 3.63) is 11.1 Å². The van der Waals surface area contributed by atoms with Crippen molar-refractivity contribution in [2.45, 2.75) is 26.5 Å². The number of aliphatic hydroxyl groups is 1. The first-order valence-corrected chi connectivity index (χ1v) is 4.95. The zero-order chi connectivity index (χ0) is 10.0. The molecule has 0 saturated carbocycles. The molecule has 0 radical (unpaired) electrons. The predicted molar refractivity (Wildman–Crippen MR) is 59.4 cm³/mol. The minimum Gasteiger partial charge on any atom is -0.367 e. The third-order valence-electron chi connectivity index (χ3n) is 1.67. The Morgan fingerprint density at radius 2 is 2.31 bits per heavy atom. The Morgan fingerprint density at radius 1 is 1.69 bits per heavy atom. The summed E-state index contributed by atoms with van der Waals surface area (Å²) >= 11 is 10.7. The van der Waals surface area contributed by atoms with E-state index in [9.17, 15) is 5.11 Å². The lowest BCUT2D eigenvalue weighted by atomic mass is 10.0. The van der Waals surface area contributed by atoms with E-state index in [4.69, 9.17) is 23.8 Å². The van der Waals surface area contributed by atoms with Crippen LogP contribution >= 0.6 is 23.8 Å². The van der Waals surface area contributed by atoms with E-state index in [0.29, 0.717) is 15.8 Å². The van der Waals surface area contributed by atoms with Gasteiger partial charge in [-0.1, -0.05) is 37.7 Å². The molecule has 0 aliphatic carbocycles. The molecule has 72 valence electrons. The van der Waals surface area contributed by atoms with Gasteiger partial charge in [-0.05, 0) is 18.4 Å². The van der Waals surface area contributed by atoms with E-state index in [-0.39, 0.29) is 0 Å². The number of rotatable bonds is 2.